The second-order valence-corrected chi connectivity index (χ2v) is 6.17. The summed E-state index contributed by atoms with van der Waals surface area (Å²) in [4.78, 5) is 12.3. The van der Waals surface area contributed by atoms with Crippen LogP contribution in [0.15, 0.2) is 28.2 Å². The number of nitrogens with zero attached hydrogens (tertiary/aromatic N) is 3. The monoisotopic (exact) mass is 342 g/mol. The summed E-state index contributed by atoms with van der Waals surface area (Å²) in [7, 11) is 0. The van der Waals surface area contributed by atoms with E-state index in [-0.39, 0.29) is 23.5 Å². The van der Waals surface area contributed by atoms with Crippen molar-refractivity contribution >= 4 is 11.8 Å². The van der Waals surface area contributed by atoms with Gasteiger partial charge in [-0.15, -0.1) is 0 Å². The number of aliphatic imine (C=N–C) groups is 2. The van der Waals surface area contributed by atoms with Gasteiger partial charge in [-0.05, 0) is 26.0 Å². The molecule has 132 valence electrons. The van der Waals surface area contributed by atoms with Crippen LogP contribution in [0.1, 0.15) is 39.1 Å². The third-order valence-electron chi connectivity index (χ3n) is 3.40. The number of alkyl halides is 3. The highest BCUT2D eigenvalue weighted by Gasteiger charge is 2.36. The molecule has 0 aromatic carbocycles. The van der Waals surface area contributed by atoms with E-state index in [0.717, 1.165) is 6.07 Å². The van der Waals surface area contributed by atoms with Gasteiger partial charge in [-0.1, -0.05) is 19.9 Å². The van der Waals surface area contributed by atoms with Gasteiger partial charge in [0.1, 0.15) is 11.4 Å². The molecule has 9 heteroatoms. The Morgan fingerprint density at radius 2 is 1.88 bits per heavy atom. The van der Waals surface area contributed by atoms with E-state index in [1.807, 2.05) is 27.7 Å². The maximum absolute atomic E-state index is 12.9. The van der Waals surface area contributed by atoms with Gasteiger partial charge in [-0.2, -0.15) is 13.2 Å². The molecule has 2 rings (SSSR count). The van der Waals surface area contributed by atoms with Gasteiger partial charge in [-0.25, -0.2) is 9.98 Å². The van der Waals surface area contributed by atoms with Crippen LogP contribution in [0, 0.1) is 5.92 Å². The smallest absolute Gasteiger partial charge is 0.319 e. The predicted molar refractivity (Wildman–Crippen MR) is 86.4 cm³/mol. The summed E-state index contributed by atoms with van der Waals surface area (Å²) in [6, 6.07) is 3.60. The van der Waals surface area contributed by atoms with Crippen molar-refractivity contribution in [2.24, 2.45) is 21.6 Å². The summed E-state index contributed by atoms with van der Waals surface area (Å²) < 4.78 is 38.6. The van der Waals surface area contributed by atoms with Crippen molar-refractivity contribution in [1.29, 1.82) is 0 Å². The zero-order valence-electron chi connectivity index (χ0n) is 13.9. The highest BCUT2D eigenvalue weighted by Crippen LogP contribution is 2.27. The quantitative estimate of drug-likeness (QED) is 0.785. The first-order valence-electron chi connectivity index (χ1n) is 7.57. The van der Waals surface area contributed by atoms with E-state index < -0.39 is 17.7 Å². The lowest BCUT2D eigenvalue weighted by molar-refractivity contribution is -0.141. The van der Waals surface area contributed by atoms with Gasteiger partial charge >= 0.3 is 6.18 Å². The molecule has 0 spiro atoms. The standard InChI is InChI=1S/C15H21F3N6/c1-8(2)15(19)23-12(22-13(24-15)20-9(3)4)10-6-5-7-11(21-10)14(16,17)18/h5-9H,19H2,1-4H3,(H2,20,22,23,24). The van der Waals surface area contributed by atoms with Crippen molar-refractivity contribution in [3.8, 4) is 0 Å². The molecule has 0 amide bonds. The molecule has 0 bridgehead atoms. The predicted octanol–water partition coefficient (Wildman–Crippen LogP) is 2.07. The van der Waals surface area contributed by atoms with Gasteiger partial charge in [0.05, 0.1) is 0 Å². The molecule has 1 atom stereocenters. The Morgan fingerprint density at radius 1 is 1.21 bits per heavy atom. The molecule has 0 saturated heterocycles. The Hall–Kier alpha value is -2.16. The van der Waals surface area contributed by atoms with Crippen molar-refractivity contribution in [3.05, 3.63) is 29.6 Å². The number of halogens is 3. The molecule has 24 heavy (non-hydrogen) atoms. The van der Waals surface area contributed by atoms with E-state index in [2.05, 4.69) is 25.6 Å². The molecule has 6 nitrogen and oxygen atoms in total. The molecule has 4 N–H and O–H groups in total. The van der Waals surface area contributed by atoms with Crippen LogP contribution in [0.2, 0.25) is 0 Å². The fraction of sp³-hybridized carbons (Fsp3) is 0.533. The third-order valence-corrected chi connectivity index (χ3v) is 3.40. The Labute approximate surface area is 138 Å². The van der Waals surface area contributed by atoms with E-state index in [1.54, 1.807) is 0 Å². The molecular formula is C15H21F3N6. The summed E-state index contributed by atoms with van der Waals surface area (Å²) in [5, 5.41) is 5.85. The number of rotatable bonds is 3. The van der Waals surface area contributed by atoms with E-state index in [1.165, 1.54) is 12.1 Å². The molecule has 1 aromatic rings. The lowest BCUT2D eigenvalue weighted by Gasteiger charge is -2.36. The van der Waals surface area contributed by atoms with Crippen molar-refractivity contribution in [3.63, 3.8) is 0 Å². The normalized spacial score (nSPS) is 23.2. The van der Waals surface area contributed by atoms with Gasteiger partial charge < -0.3 is 10.6 Å². The van der Waals surface area contributed by atoms with Crippen molar-refractivity contribution in [2.45, 2.75) is 45.7 Å². The van der Waals surface area contributed by atoms with Crippen LogP contribution in [0.4, 0.5) is 13.2 Å². The summed E-state index contributed by atoms with van der Waals surface area (Å²) >= 11 is 0. The maximum atomic E-state index is 12.9. The fourth-order valence-corrected chi connectivity index (χ4v) is 2.02. The van der Waals surface area contributed by atoms with Crippen molar-refractivity contribution in [2.75, 3.05) is 0 Å². The van der Waals surface area contributed by atoms with Crippen LogP contribution in [0.25, 0.3) is 0 Å². The summed E-state index contributed by atoms with van der Waals surface area (Å²) in [6.07, 6.45) is -4.53. The Balaban J connectivity index is 2.49. The Morgan fingerprint density at radius 3 is 2.42 bits per heavy atom. The minimum Gasteiger partial charge on any atom is -0.319 e. The number of amidine groups is 1. The summed E-state index contributed by atoms with van der Waals surface area (Å²) in [5.41, 5.74) is 5.32. The maximum Gasteiger partial charge on any atom is 0.433 e. The molecule has 1 aromatic heterocycles. The number of nitrogens with two attached hydrogens (primary N) is 1. The van der Waals surface area contributed by atoms with Crippen LogP contribution in [0.5, 0.6) is 0 Å². The lowest BCUT2D eigenvalue weighted by atomic mass is 10.1. The average Bonchev–Trinajstić information content (AvgIpc) is 2.45. The van der Waals surface area contributed by atoms with E-state index in [0.29, 0.717) is 5.96 Å². The molecule has 0 saturated carbocycles. The molecule has 1 aliphatic rings. The number of hydrogen-bond donors (Lipinski definition) is 3. The Bertz CT molecular complexity index is 665. The molecule has 2 heterocycles. The molecule has 0 aliphatic carbocycles. The van der Waals surface area contributed by atoms with Crippen molar-refractivity contribution in [1.82, 2.24) is 15.6 Å². The van der Waals surface area contributed by atoms with Gasteiger partial charge in [0.15, 0.2) is 17.6 Å². The first-order valence-corrected chi connectivity index (χ1v) is 7.57. The number of guanidine groups is 1. The van der Waals surface area contributed by atoms with E-state index in [9.17, 15) is 13.2 Å². The van der Waals surface area contributed by atoms with Crippen LogP contribution < -0.4 is 16.4 Å². The second kappa shape index (κ2) is 6.39. The van der Waals surface area contributed by atoms with Crippen LogP contribution >= 0.6 is 0 Å². The molecule has 1 unspecified atom stereocenters. The number of aromatic nitrogens is 1. The highest BCUT2D eigenvalue weighted by molar-refractivity contribution is 6.09. The van der Waals surface area contributed by atoms with Gasteiger partial charge in [0, 0.05) is 12.0 Å². The van der Waals surface area contributed by atoms with Crippen LogP contribution in [0.3, 0.4) is 0 Å². The number of hydrogen-bond acceptors (Lipinski definition) is 4. The lowest BCUT2D eigenvalue weighted by Crippen LogP contribution is -2.66. The summed E-state index contributed by atoms with van der Waals surface area (Å²) in [5.74, 6) is -0.817. The topological polar surface area (TPSA) is 87.7 Å². The first-order chi connectivity index (χ1) is 11.0. The molecule has 0 radical (unpaired) electrons. The SMILES string of the molecule is CC(C)N=C1NC(c2cccc(C(F)(F)F)n2)=NC(N)(C(C)C)N1. The average molecular weight is 342 g/mol. The highest BCUT2D eigenvalue weighted by atomic mass is 19.4. The minimum atomic E-state index is -4.53. The largest absolute Gasteiger partial charge is 0.433 e. The number of pyridine rings is 1. The van der Waals surface area contributed by atoms with Crippen LogP contribution in [-0.4, -0.2) is 28.6 Å². The second-order valence-electron chi connectivity index (χ2n) is 6.17. The van der Waals surface area contributed by atoms with E-state index in [4.69, 9.17) is 5.73 Å². The fourth-order valence-electron chi connectivity index (χ4n) is 2.02. The zero-order valence-corrected chi connectivity index (χ0v) is 13.9. The Kier molecular flexibility index (Phi) is 4.84. The molecule has 1 aliphatic heterocycles. The van der Waals surface area contributed by atoms with Gasteiger partial charge in [-0.3, -0.25) is 10.7 Å². The van der Waals surface area contributed by atoms with Crippen molar-refractivity contribution < 1.29 is 13.2 Å². The number of nitrogens with one attached hydrogen (secondary N) is 2. The van der Waals surface area contributed by atoms with E-state index >= 15 is 0 Å². The molecule has 0 fully saturated rings. The third kappa shape index (κ3) is 4.02. The minimum absolute atomic E-state index is 0.0368. The van der Waals surface area contributed by atoms with Crippen LogP contribution in [-0.2, 0) is 6.18 Å². The molecular weight excluding hydrogens is 321 g/mol. The zero-order chi connectivity index (χ0) is 18.1. The first kappa shape index (κ1) is 18.2. The van der Waals surface area contributed by atoms with Gasteiger partial charge in [0.25, 0.3) is 0 Å². The van der Waals surface area contributed by atoms with Gasteiger partial charge in [0.2, 0.25) is 0 Å². The summed E-state index contributed by atoms with van der Waals surface area (Å²) in [6.45, 7) is 7.45.